The topological polar surface area (TPSA) is 150 Å². The van der Waals surface area contributed by atoms with Crippen molar-refractivity contribution in [2.75, 3.05) is 10.6 Å². The number of carbonyl (C=O) groups excluding carboxylic acids is 1. The van der Waals surface area contributed by atoms with Gasteiger partial charge >= 0.3 is 0 Å². The zero-order valence-corrected chi connectivity index (χ0v) is 18.1. The Balaban J connectivity index is 1.62. The Bertz CT molecular complexity index is 1100. The van der Waals surface area contributed by atoms with Crippen LogP contribution in [0.25, 0.3) is 10.9 Å². The van der Waals surface area contributed by atoms with Crippen LogP contribution in [0.3, 0.4) is 0 Å². The van der Waals surface area contributed by atoms with Crippen molar-refractivity contribution in [3.05, 3.63) is 30.1 Å². The van der Waals surface area contributed by atoms with Crippen LogP contribution in [0, 0.1) is 0 Å². The maximum atomic E-state index is 11.9. The van der Waals surface area contributed by atoms with Gasteiger partial charge in [0.15, 0.2) is 11.5 Å². The molecule has 1 aliphatic carbocycles. The van der Waals surface area contributed by atoms with Crippen LogP contribution >= 0.6 is 0 Å². The van der Waals surface area contributed by atoms with Gasteiger partial charge in [-0.05, 0) is 51.8 Å². The summed E-state index contributed by atoms with van der Waals surface area (Å²) in [5.74, 6) is -0.154. The van der Waals surface area contributed by atoms with Gasteiger partial charge in [0.05, 0.1) is 11.1 Å². The molecule has 2 aromatic heterocycles. The summed E-state index contributed by atoms with van der Waals surface area (Å²) in [6, 6.07) is 5.86. The fourth-order valence-electron chi connectivity index (χ4n) is 3.72. The number of hydrogen-bond donors (Lipinski definition) is 4. The van der Waals surface area contributed by atoms with Crippen LogP contribution in [0.4, 0.5) is 17.5 Å². The standard InChI is InChI=1S/C21H29N9O/c1-21(2,3)30-11-12-8-9-13(10-16(12)29-30)24-19-17(18(23)31)27-28-20(26-19)25-15-7-5-4-6-14(15)22/h8-11,14-15H,4-7,22H2,1-3H3,(H2,23,31)(H2,24,25,26,28)/t14-,15+/m0/s1. The van der Waals surface area contributed by atoms with Crippen molar-refractivity contribution in [2.24, 2.45) is 11.5 Å². The Morgan fingerprint density at radius 3 is 2.68 bits per heavy atom. The van der Waals surface area contributed by atoms with Crippen molar-refractivity contribution < 1.29 is 4.79 Å². The lowest BCUT2D eigenvalue weighted by molar-refractivity contribution is 0.0995. The smallest absolute Gasteiger partial charge is 0.273 e. The summed E-state index contributed by atoms with van der Waals surface area (Å²) in [6.45, 7) is 6.28. The van der Waals surface area contributed by atoms with E-state index in [0.717, 1.165) is 42.3 Å². The van der Waals surface area contributed by atoms with Crippen LogP contribution in [0.1, 0.15) is 56.9 Å². The number of hydrogen-bond acceptors (Lipinski definition) is 8. The quantitative estimate of drug-likeness (QED) is 0.489. The van der Waals surface area contributed by atoms with E-state index in [4.69, 9.17) is 11.5 Å². The number of carbonyl (C=O) groups is 1. The molecule has 1 fully saturated rings. The summed E-state index contributed by atoms with van der Waals surface area (Å²) in [6.07, 6.45) is 6.13. The fraction of sp³-hybridized carbons (Fsp3) is 0.476. The van der Waals surface area contributed by atoms with Crippen LogP contribution in [0.15, 0.2) is 24.4 Å². The predicted octanol–water partition coefficient (Wildman–Crippen LogP) is 2.50. The fourth-order valence-corrected chi connectivity index (χ4v) is 3.72. The number of nitrogens with two attached hydrogens (primary N) is 2. The Labute approximate surface area is 180 Å². The molecule has 0 spiro atoms. The van der Waals surface area contributed by atoms with Crippen molar-refractivity contribution in [1.29, 1.82) is 0 Å². The van der Waals surface area contributed by atoms with Crippen LogP contribution < -0.4 is 22.1 Å². The van der Waals surface area contributed by atoms with Gasteiger partial charge < -0.3 is 22.1 Å². The molecular weight excluding hydrogens is 394 g/mol. The molecule has 0 radical (unpaired) electrons. The Hall–Kier alpha value is -3.27. The molecule has 1 aromatic carbocycles. The molecule has 0 aliphatic heterocycles. The zero-order chi connectivity index (χ0) is 22.2. The summed E-state index contributed by atoms with van der Waals surface area (Å²) >= 11 is 0. The van der Waals surface area contributed by atoms with Crippen molar-refractivity contribution in [2.45, 2.75) is 64.1 Å². The van der Waals surface area contributed by atoms with Crippen molar-refractivity contribution in [3.63, 3.8) is 0 Å². The average Bonchev–Trinajstić information content (AvgIpc) is 3.14. The molecule has 0 saturated heterocycles. The number of amides is 1. The van der Waals surface area contributed by atoms with E-state index in [1.54, 1.807) is 0 Å². The molecular formula is C21H29N9O. The summed E-state index contributed by atoms with van der Waals surface area (Å²) in [4.78, 5) is 16.3. The Morgan fingerprint density at radius 2 is 1.97 bits per heavy atom. The molecule has 4 rings (SSSR count). The number of fused-ring (bicyclic) bond motifs is 1. The summed E-state index contributed by atoms with van der Waals surface area (Å²) in [5, 5.41) is 20.1. The molecule has 2 atom stereocenters. The lowest BCUT2D eigenvalue weighted by Gasteiger charge is -2.29. The van der Waals surface area contributed by atoms with E-state index < -0.39 is 5.91 Å². The van der Waals surface area contributed by atoms with Crippen molar-refractivity contribution in [1.82, 2.24) is 25.0 Å². The molecule has 3 aromatic rings. The van der Waals surface area contributed by atoms with Gasteiger partial charge in [-0.3, -0.25) is 9.48 Å². The number of aromatic nitrogens is 5. The predicted molar refractivity (Wildman–Crippen MR) is 120 cm³/mol. The average molecular weight is 424 g/mol. The minimum absolute atomic E-state index is 0.0289. The maximum absolute atomic E-state index is 11.9. The second kappa shape index (κ2) is 8.10. The highest BCUT2D eigenvalue weighted by atomic mass is 16.1. The van der Waals surface area contributed by atoms with Crippen LogP contribution in [0.5, 0.6) is 0 Å². The second-order valence-electron chi connectivity index (χ2n) is 9.04. The number of benzene rings is 1. The summed E-state index contributed by atoms with van der Waals surface area (Å²) < 4.78 is 1.93. The van der Waals surface area contributed by atoms with E-state index in [1.807, 2.05) is 29.1 Å². The summed E-state index contributed by atoms with van der Waals surface area (Å²) in [5.41, 5.74) is 13.1. The number of rotatable bonds is 5. The zero-order valence-electron chi connectivity index (χ0n) is 18.1. The first-order chi connectivity index (χ1) is 14.7. The lowest BCUT2D eigenvalue weighted by atomic mass is 9.91. The molecule has 10 nitrogen and oxygen atoms in total. The molecule has 164 valence electrons. The first-order valence-corrected chi connectivity index (χ1v) is 10.5. The van der Waals surface area contributed by atoms with Gasteiger partial charge in [0.2, 0.25) is 5.95 Å². The van der Waals surface area contributed by atoms with E-state index in [1.165, 1.54) is 0 Å². The Kier molecular flexibility index (Phi) is 5.48. The highest BCUT2D eigenvalue weighted by Crippen LogP contribution is 2.25. The molecule has 1 aliphatic rings. The van der Waals surface area contributed by atoms with Crippen LogP contribution in [0.2, 0.25) is 0 Å². The third kappa shape index (κ3) is 4.58. The minimum atomic E-state index is -0.707. The third-order valence-corrected chi connectivity index (χ3v) is 5.51. The van der Waals surface area contributed by atoms with E-state index >= 15 is 0 Å². The largest absolute Gasteiger partial charge is 0.364 e. The van der Waals surface area contributed by atoms with E-state index in [0.29, 0.717) is 5.95 Å². The van der Waals surface area contributed by atoms with Crippen LogP contribution in [-0.2, 0) is 5.54 Å². The molecule has 1 saturated carbocycles. The highest BCUT2D eigenvalue weighted by Gasteiger charge is 2.23. The van der Waals surface area contributed by atoms with Crippen molar-refractivity contribution in [3.8, 4) is 0 Å². The first-order valence-electron chi connectivity index (χ1n) is 10.5. The van der Waals surface area contributed by atoms with E-state index in [9.17, 15) is 4.79 Å². The van der Waals surface area contributed by atoms with Crippen LogP contribution in [-0.4, -0.2) is 43.0 Å². The number of nitrogens with one attached hydrogen (secondary N) is 2. The molecule has 0 bridgehead atoms. The minimum Gasteiger partial charge on any atom is -0.364 e. The molecule has 2 heterocycles. The van der Waals surface area contributed by atoms with Gasteiger partial charge in [-0.15, -0.1) is 10.2 Å². The molecule has 10 heteroatoms. The number of anilines is 3. The van der Waals surface area contributed by atoms with E-state index in [2.05, 4.69) is 51.7 Å². The number of primary amides is 1. The third-order valence-electron chi connectivity index (χ3n) is 5.51. The first kappa shape index (κ1) is 21.0. The van der Waals surface area contributed by atoms with Gasteiger partial charge in [0.1, 0.15) is 0 Å². The highest BCUT2D eigenvalue weighted by molar-refractivity contribution is 5.96. The molecule has 1 amide bonds. The van der Waals surface area contributed by atoms with E-state index in [-0.39, 0.29) is 29.1 Å². The van der Waals surface area contributed by atoms with Crippen molar-refractivity contribution >= 4 is 34.3 Å². The lowest BCUT2D eigenvalue weighted by Crippen LogP contribution is -2.43. The molecule has 6 N–H and O–H groups in total. The maximum Gasteiger partial charge on any atom is 0.273 e. The Morgan fingerprint density at radius 1 is 1.19 bits per heavy atom. The SMILES string of the molecule is CC(C)(C)n1cc2ccc(Nc3nc(N[C@@H]4CCCC[C@@H]4N)nnc3C(N)=O)cc2n1. The van der Waals surface area contributed by atoms with Gasteiger partial charge in [0.25, 0.3) is 5.91 Å². The van der Waals surface area contributed by atoms with Gasteiger partial charge in [-0.1, -0.05) is 12.8 Å². The normalized spacial score (nSPS) is 19.4. The van der Waals surface area contributed by atoms with Gasteiger partial charge in [-0.2, -0.15) is 10.1 Å². The molecule has 0 unspecified atom stereocenters. The second-order valence-corrected chi connectivity index (χ2v) is 9.04. The number of nitrogens with zero attached hydrogens (tertiary/aromatic N) is 5. The molecule has 31 heavy (non-hydrogen) atoms. The summed E-state index contributed by atoms with van der Waals surface area (Å²) in [7, 11) is 0. The monoisotopic (exact) mass is 423 g/mol. The van der Waals surface area contributed by atoms with Gasteiger partial charge in [-0.25, -0.2) is 0 Å². The van der Waals surface area contributed by atoms with Gasteiger partial charge in [0, 0.05) is 29.4 Å².